The Hall–Kier alpha value is -3.03. The Morgan fingerprint density at radius 3 is 2.34 bits per heavy atom. The van der Waals surface area contributed by atoms with E-state index in [0.29, 0.717) is 12.3 Å². The summed E-state index contributed by atoms with van der Waals surface area (Å²) in [6.45, 7) is 4.03. The molecule has 0 saturated carbocycles. The first-order valence-electron chi connectivity index (χ1n) is 11.5. The molecule has 0 spiro atoms. The van der Waals surface area contributed by atoms with Crippen molar-refractivity contribution in [2.24, 2.45) is 5.92 Å². The zero-order valence-electron chi connectivity index (χ0n) is 20.2. The third-order valence-corrected chi connectivity index (χ3v) is 7.94. The minimum Gasteiger partial charge on any atom is -0.495 e. The van der Waals surface area contributed by atoms with Gasteiger partial charge in [0.05, 0.1) is 22.7 Å². The van der Waals surface area contributed by atoms with Gasteiger partial charge in [-0.25, -0.2) is 8.42 Å². The Kier molecular flexibility index (Phi) is 9.18. The largest absolute Gasteiger partial charge is 0.495 e. The molecule has 0 bridgehead atoms. The molecule has 1 atom stereocenters. The molecule has 0 radical (unpaired) electrons. The number of carbonyl (C=O) groups is 1. The van der Waals surface area contributed by atoms with Crippen LogP contribution in [0.25, 0.3) is 0 Å². The molecule has 0 aromatic heterocycles. The Morgan fingerprint density at radius 2 is 1.74 bits per heavy atom. The standard InChI is InChI=1S/C27H31ClN2O4S/c1-4-21(16-22-8-6-5-7-9-22)18-29-27(31)19-30(23-12-15-26(34-3)25(28)17-23)35(32,33)24-13-10-20(2)11-14-24/h5-15,17,21H,4,16,18-19H2,1-3H3,(H,29,31). The minimum absolute atomic E-state index is 0.0957. The number of nitrogens with zero attached hydrogens (tertiary/aromatic N) is 1. The number of hydrogen-bond donors (Lipinski definition) is 1. The van der Waals surface area contributed by atoms with Crippen molar-refractivity contribution in [1.29, 1.82) is 0 Å². The van der Waals surface area contributed by atoms with E-state index < -0.39 is 10.0 Å². The van der Waals surface area contributed by atoms with Gasteiger partial charge in [0, 0.05) is 6.54 Å². The van der Waals surface area contributed by atoms with Crippen LogP contribution >= 0.6 is 11.6 Å². The van der Waals surface area contributed by atoms with Gasteiger partial charge in [-0.1, -0.05) is 73.0 Å². The molecule has 8 heteroatoms. The number of halogens is 1. The highest BCUT2D eigenvalue weighted by atomic mass is 35.5. The van der Waals surface area contributed by atoms with Gasteiger partial charge in [0.1, 0.15) is 12.3 Å². The molecule has 1 unspecified atom stereocenters. The van der Waals surface area contributed by atoms with Crippen LogP contribution in [-0.4, -0.2) is 34.5 Å². The van der Waals surface area contributed by atoms with Crippen molar-refractivity contribution < 1.29 is 17.9 Å². The third-order valence-electron chi connectivity index (χ3n) is 5.85. The van der Waals surface area contributed by atoms with E-state index in [0.717, 1.165) is 22.7 Å². The summed E-state index contributed by atoms with van der Waals surface area (Å²) in [6, 6.07) is 21.3. The van der Waals surface area contributed by atoms with Crippen LogP contribution in [0.3, 0.4) is 0 Å². The Balaban J connectivity index is 1.81. The number of carbonyl (C=O) groups excluding carboxylic acids is 1. The average Bonchev–Trinajstić information content (AvgIpc) is 2.85. The average molecular weight is 515 g/mol. The summed E-state index contributed by atoms with van der Waals surface area (Å²) in [6.07, 6.45) is 1.71. The molecule has 0 heterocycles. The van der Waals surface area contributed by atoms with Crippen molar-refractivity contribution in [2.75, 3.05) is 24.5 Å². The van der Waals surface area contributed by atoms with Gasteiger partial charge in [-0.3, -0.25) is 9.10 Å². The predicted octanol–water partition coefficient (Wildman–Crippen LogP) is 5.24. The molecule has 3 aromatic carbocycles. The lowest BCUT2D eigenvalue weighted by Crippen LogP contribution is -2.42. The number of ether oxygens (including phenoxy) is 1. The van der Waals surface area contributed by atoms with Crippen LogP contribution in [0.4, 0.5) is 5.69 Å². The fourth-order valence-electron chi connectivity index (χ4n) is 3.72. The van der Waals surface area contributed by atoms with Gasteiger partial charge >= 0.3 is 0 Å². The van der Waals surface area contributed by atoms with Crippen LogP contribution in [0, 0.1) is 12.8 Å². The molecular weight excluding hydrogens is 484 g/mol. The smallest absolute Gasteiger partial charge is 0.264 e. The maximum atomic E-state index is 13.6. The number of benzene rings is 3. The fraction of sp³-hybridized carbons (Fsp3) is 0.296. The number of nitrogens with one attached hydrogen (secondary N) is 1. The van der Waals surface area contributed by atoms with Crippen LogP contribution in [-0.2, 0) is 21.2 Å². The lowest BCUT2D eigenvalue weighted by molar-refractivity contribution is -0.119. The molecule has 0 saturated heterocycles. The van der Waals surface area contributed by atoms with Crippen LogP contribution in [0.5, 0.6) is 5.75 Å². The molecule has 186 valence electrons. The maximum absolute atomic E-state index is 13.6. The van der Waals surface area contributed by atoms with Crippen LogP contribution in [0.2, 0.25) is 5.02 Å². The van der Waals surface area contributed by atoms with Crippen molar-refractivity contribution in [2.45, 2.75) is 31.6 Å². The topological polar surface area (TPSA) is 75.7 Å². The molecule has 0 aliphatic carbocycles. The SMILES string of the molecule is CCC(CNC(=O)CN(c1ccc(OC)c(Cl)c1)S(=O)(=O)c1ccc(C)cc1)Cc1ccccc1. The first kappa shape index (κ1) is 26.6. The summed E-state index contributed by atoms with van der Waals surface area (Å²) >= 11 is 6.28. The normalized spacial score (nSPS) is 12.1. The number of anilines is 1. The molecule has 3 rings (SSSR count). The van der Waals surface area contributed by atoms with E-state index in [1.807, 2.05) is 25.1 Å². The van der Waals surface area contributed by atoms with E-state index in [2.05, 4.69) is 24.4 Å². The summed E-state index contributed by atoms with van der Waals surface area (Å²) in [4.78, 5) is 13.1. The second-order valence-electron chi connectivity index (χ2n) is 8.41. The van der Waals surface area contributed by atoms with Crippen molar-refractivity contribution in [3.05, 3.63) is 88.9 Å². The summed E-state index contributed by atoms with van der Waals surface area (Å²) in [5.74, 6) is 0.261. The first-order valence-corrected chi connectivity index (χ1v) is 13.3. The number of hydrogen-bond acceptors (Lipinski definition) is 4. The third kappa shape index (κ3) is 6.99. The number of amides is 1. The molecule has 3 aromatic rings. The van der Waals surface area contributed by atoms with Gasteiger partial charge in [-0.05, 0) is 55.2 Å². The molecule has 1 N–H and O–H groups in total. The van der Waals surface area contributed by atoms with Crippen LogP contribution in [0.1, 0.15) is 24.5 Å². The van der Waals surface area contributed by atoms with Crippen molar-refractivity contribution in [1.82, 2.24) is 5.32 Å². The highest BCUT2D eigenvalue weighted by molar-refractivity contribution is 7.92. The van der Waals surface area contributed by atoms with Crippen LogP contribution in [0.15, 0.2) is 77.7 Å². The number of rotatable bonds is 11. The van der Waals surface area contributed by atoms with Crippen molar-refractivity contribution >= 4 is 33.2 Å². The van der Waals surface area contributed by atoms with Crippen molar-refractivity contribution in [3.63, 3.8) is 0 Å². The number of aryl methyl sites for hydroxylation is 1. The zero-order chi connectivity index (χ0) is 25.4. The highest BCUT2D eigenvalue weighted by Gasteiger charge is 2.28. The molecule has 0 aliphatic heterocycles. The van der Waals surface area contributed by atoms with Crippen molar-refractivity contribution in [3.8, 4) is 5.75 Å². The monoisotopic (exact) mass is 514 g/mol. The Bertz CT molecular complexity index is 1230. The number of sulfonamides is 1. The maximum Gasteiger partial charge on any atom is 0.264 e. The fourth-order valence-corrected chi connectivity index (χ4v) is 5.38. The van der Waals surface area contributed by atoms with E-state index >= 15 is 0 Å². The first-order chi connectivity index (χ1) is 16.7. The van der Waals surface area contributed by atoms with Gasteiger partial charge in [-0.2, -0.15) is 0 Å². The summed E-state index contributed by atoms with van der Waals surface area (Å²) in [5.41, 5.74) is 2.41. The number of methoxy groups -OCH3 is 1. The van der Waals surface area contributed by atoms with Gasteiger partial charge in [0.15, 0.2) is 0 Å². The molecule has 1 amide bonds. The lowest BCUT2D eigenvalue weighted by atomic mass is 9.97. The Labute approximate surface area is 212 Å². The van der Waals surface area contributed by atoms with E-state index in [9.17, 15) is 13.2 Å². The zero-order valence-corrected chi connectivity index (χ0v) is 21.8. The molecule has 0 aliphatic rings. The second kappa shape index (κ2) is 12.1. The molecule has 35 heavy (non-hydrogen) atoms. The van der Waals surface area contributed by atoms with E-state index in [4.69, 9.17) is 16.3 Å². The highest BCUT2D eigenvalue weighted by Crippen LogP contribution is 2.32. The van der Waals surface area contributed by atoms with Crippen LogP contribution < -0.4 is 14.4 Å². The van der Waals surface area contributed by atoms with Gasteiger partial charge in [0.25, 0.3) is 10.0 Å². The van der Waals surface area contributed by atoms with Gasteiger partial charge < -0.3 is 10.1 Å². The molecule has 6 nitrogen and oxygen atoms in total. The van der Waals surface area contributed by atoms with E-state index in [1.54, 1.807) is 24.3 Å². The summed E-state index contributed by atoms with van der Waals surface area (Å²) in [5, 5.41) is 3.17. The predicted molar refractivity (Wildman–Crippen MR) is 141 cm³/mol. The second-order valence-corrected chi connectivity index (χ2v) is 10.7. The summed E-state index contributed by atoms with van der Waals surface area (Å²) < 4.78 is 33.4. The van der Waals surface area contributed by atoms with E-state index in [-0.39, 0.29) is 34.0 Å². The lowest BCUT2D eigenvalue weighted by Gasteiger charge is -2.25. The quantitative estimate of drug-likeness (QED) is 0.380. The van der Waals surface area contributed by atoms with Gasteiger partial charge in [0.2, 0.25) is 5.91 Å². The minimum atomic E-state index is -4.02. The summed E-state index contributed by atoms with van der Waals surface area (Å²) in [7, 11) is -2.54. The molecule has 0 fully saturated rings. The van der Waals surface area contributed by atoms with Gasteiger partial charge in [-0.15, -0.1) is 0 Å². The molecular formula is C27H31ClN2O4S. The van der Waals surface area contributed by atoms with E-state index in [1.165, 1.54) is 30.9 Å². The Morgan fingerprint density at radius 1 is 1.06 bits per heavy atom.